The average molecular weight is 441 g/mol. The first-order valence-corrected chi connectivity index (χ1v) is 11.7. The van der Waals surface area contributed by atoms with Gasteiger partial charge in [-0.1, -0.05) is 18.2 Å². The molecule has 0 radical (unpaired) electrons. The Kier molecular flexibility index (Phi) is 5.67. The van der Waals surface area contributed by atoms with Crippen LogP contribution in [-0.2, 0) is 16.6 Å². The van der Waals surface area contributed by atoms with Crippen molar-refractivity contribution >= 4 is 38.3 Å². The van der Waals surface area contributed by atoms with Gasteiger partial charge in [-0.15, -0.1) is 11.3 Å². The van der Waals surface area contributed by atoms with Crippen LogP contribution in [0.1, 0.15) is 34.0 Å². The molecule has 2 aromatic carbocycles. The lowest BCUT2D eigenvalue weighted by Crippen LogP contribution is -2.27. The quantitative estimate of drug-likeness (QED) is 0.408. The fourth-order valence-corrected chi connectivity index (χ4v) is 4.72. The number of rotatable bonds is 7. The molecular weight excluding hydrogens is 420 g/mol. The van der Waals surface area contributed by atoms with Crippen LogP contribution in [0.15, 0.2) is 70.9 Å². The highest BCUT2D eigenvalue weighted by atomic mass is 32.2. The van der Waals surface area contributed by atoms with Crippen LogP contribution in [0.5, 0.6) is 0 Å². The first-order valence-electron chi connectivity index (χ1n) is 9.30. The highest BCUT2D eigenvalue weighted by Gasteiger charge is 2.17. The number of carbonyl (C=O) groups is 1. The number of thiophene rings is 1. The second-order valence-corrected chi connectivity index (χ2v) is 9.56. The number of nitrogens with one attached hydrogen (secondary N) is 3. The number of sulfonamides is 1. The van der Waals surface area contributed by atoms with E-state index in [1.54, 1.807) is 0 Å². The van der Waals surface area contributed by atoms with E-state index in [1.165, 1.54) is 35.6 Å². The van der Waals surface area contributed by atoms with Crippen molar-refractivity contribution in [2.75, 3.05) is 0 Å². The molecule has 1 amide bonds. The van der Waals surface area contributed by atoms with E-state index in [4.69, 9.17) is 0 Å². The number of fused-ring (bicyclic) bond motifs is 1. The number of imidazole rings is 1. The molecule has 1 unspecified atom stereocenters. The van der Waals surface area contributed by atoms with Crippen molar-refractivity contribution in [3.05, 3.63) is 82.3 Å². The Hall–Kier alpha value is -3.01. The fourth-order valence-electron chi connectivity index (χ4n) is 2.97. The summed E-state index contributed by atoms with van der Waals surface area (Å²) in [7, 11) is -3.65. The summed E-state index contributed by atoms with van der Waals surface area (Å²) in [5, 5.41) is 4.77. The zero-order valence-electron chi connectivity index (χ0n) is 16.1. The van der Waals surface area contributed by atoms with Gasteiger partial charge < -0.3 is 10.3 Å². The SMILES string of the molecule is CC(NC(=O)c1ccc(S(=O)(=O)NCc2cccs2)cc1)c1nc2ccccc2[nH]1. The molecule has 7 nitrogen and oxygen atoms in total. The van der Waals surface area contributed by atoms with Gasteiger partial charge in [0.25, 0.3) is 5.91 Å². The molecule has 3 N–H and O–H groups in total. The van der Waals surface area contributed by atoms with Gasteiger partial charge in [0.2, 0.25) is 10.0 Å². The summed E-state index contributed by atoms with van der Waals surface area (Å²) in [5.74, 6) is 0.347. The Morgan fingerprint density at radius 1 is 1.10 bits per heavy atom. The van der Waals surface area contributed by atoms with Crippen LogP contribution in [0, 0.1) is 0 Å². The molecule has 0 aliphatic rings. The van der Waals surface area contributed by atoms with E-state index in [-0.39, 0.29) is 23.4 Å². The summed E-state index contributed by atoms with van der Waals surface area (Å²) in [6.07, 6.45) is 0. The van der Waals surface area contributed by atoms with Crippen molar-refractivity contribution in [2.45, 2.75) is 24.4 Å². The van der Waals surface area contributed by atoms with Crippen molar-refractivity contribution in [3.8, 4) is 0 Å². The smallest absolute Gasteiger partial charge is 0.251 e. The number of para-hydroxylation sites is 2. The van der Waals surface area contributed by atoms with Crippen LogP contribution >= 0.6 is 11.3 Å². The van der Waals surface area contributed by atoms with E-state index < -0.39 is 10.0 Å². The van der Waals surface area contributed by atoms with Crippen LogP contribution < -0.4 is 10.0 Å². The maximum Gasteiger partial charge on any atom is 0.251 e. The summed E-state index contributed by atoms with van der Waals surface area (Å²) in [5.41, 5.74) is 2.10. The summed E-state index contributed by atoms with van der Waals surface area (Å²) in [4.78, 5) is 21.3. The van der Waals surface area contributed by atoms with E-state index in [2.05, 4.69) is 20.0 Å². The minimum Gasteiger partial charge on any atom is -0.342 e. The van der Waals surface area contributed by atoms with Crippen molar-refractivity contribution in [3.63, 3.8) is 0 Å². The lowest BCUT2D eigenvalue weighted by atomic mass is 10.2. The Morgan fingerprint density at radius 2 is 1.87 bits per heavy atom. The Bertz CT molecular complexity index is 1230. The monoisotopic (exact) mass is 440 g/mol. The van der Waals surface area contributed by atoms with Crippen LogP contribution in [0.2, 0.25) is 0 Å². The van der Waals surface area contributed by atoms with Gasteiger partial charge in [0.05, 0.1) is 22.0 Å². The molecular formula is C21H20N4O3S2. The second kappa shape index (κ2) is 8.39. The van der Waals surface area contributed by atoms with Gasteiger partial charge in [-0.2, -0.15) is 0 Å². The molecule has 1 atom stereocenters. The van der Waals surface area contributed by atoms with Gasteiger partial charge >= 0.3 is 0 Å². The summed E-state index contributed by atoms with van der Waals surface area (Å²) in [6.45, 7) is 2.07. The number of aromatic amines is 1. The van der Waals surface area contributed by atoms with E-state index in [0.717, 1.165) is 15.9 Å². The molecule has 2 aromatic heterocycles. The number of hydrogen-bond donors (Lipinski definition) is 3. The molecule has 0 saturated heterocycles. The van der Waals surface area contributed by atoms with Gasteiger partial charge in [0.1, 0.15) is 5.82 Å². The van der Waals surface area contributed by atoms with Crippen LogP contribution in [0.25, 0.3) is 11.0 Å². The molecule has 0 spiro atoms. The van der Waals surface area contributed by atoms with Crippen molar-refractivity contribution in [2.24, 2.45) is 0 Å². The third-order valence-electron chi connectivity index (χ3n) is 4.61. The highest BCUT2D eigenvalue weighted by Crippen LogP contribution is 2.17. The number of benzene rings is 2. The predicted octanol–water partition coefficient (Wildman–Crippen LogP) is 3.59. The van der Waals surface area contributed by atoms with E-state index in [9.17, 15) is 13.2 Å². The van der Waals surface area contributed by atoms with Crippen LogP contribution in [-0.4, -0.2) is 24.3 Å². The predicted molar refractivity (Wildman–Crippen MR) is 117 cm³/mol. The summed E-state index contributed by atoms with van der Waals surface area (Å²) >= 11 is 1.48. The molecule has 0 bridgehead atoms. The minimum absolute atomic E-state index is 0.112. The third-order valence-corrected chi connectivity index (χ3v) is 6.90. The topological polar surface area (TPSA) is 104 Å². The summed E-state index contributed by atoms with van der Waals surface area (Å²) in [6, 6.07) is 16.9. The second-order valence-electron chi connectivity index (χ2n) is 6.76. The number of carbonyl (C=O) groups excluding carboxylic acids is 1. The zero-order chi connectivity index (χ0) is 21.1. The molecule has 0 saturated carbocycles. The Labute approximate surface area is 178 Å². The lowest BCUT2D eigenvalue weighted by molar-refractivity contribution is 0.0938. The number of nitrogens with zero attached hydrogens (tertiary/aromatic N) is 1. The first-order chi connectivity index (χ1) is 14.4. The van der Waals surface area contributed by atoms with Crippen molar-refractivity contribution < 1.29 is 13.2 Å². The number of aromatic nitrogens is 2. The third kappa shape index (κ3) is 4.43. The molecule has 4 aromatic rings. The Balaban J connectivity index is 1.42. The molecule has 0 aliphatic heterocycles. The molecule has 0 fully saturated rings. The van der Waals surface area contributed by atoms with E-state index in [1.807, 2.05) is 48.7 Å². The standard InChI is InChI=1S/C21H20N4O3S2/c1-14(20-24-18-6-2-3-7-19(18)25-20)23-21(26)15-8-10-17(11-9-15)30(27,28)22-13-16-5-4-12-29-16/h2-12,14,22H,13H2,1H3,(H,23,26)(H,24,25). The molecule has 4 rings (SSSR count). The average Bonchev–Trinajstić information content (AvgIpc) is 3.42. The number of hydrogen-bond acceptors (Lipinski definition) is 5. The highest BCUT2D eigenvalue weighted by molar-refractivity contribution is 7.89. The fraction of sp³-hybridized carbons (Fsp3) is 0.143. The molecule has 2 heterocycles. The normalized spacial score (nSPS) is 12.7. The minimum atomic E-state index is -3.65. The molecule has 154 valence electrons. The van der Waals surface area contributed by atoms with Gasteiger partial charge in [-0.05, 0) is 54.8 Å². The number of H-pyrrole nitrogens is 1. The van der Waals surface area contributed by atoms with Gasteiger partial charge in [-0.3, -0.25) is 4.79 Å². The van der Waals surface area contributed by atoms with Gasteiger partial charge in [-0.25, -0.2) is 18.1 Å². The van der Waals surface area contributed by atoms with E-state index >= 15 is 0 Å². The maximum absolute atomic E-state index is 12.6. The van der Waals surface area contributed by atoms with Gasteiger partial charge in [0, 0.05) is 17.0 Å². The molecule has 0 aliphatic carbocycles. The number of amides is 1. The molecule has 9 heteroatoms. The zero-order valence-corrected chi connectivity index (χ0v) is 17.8. The first kappa shape index (κ1) is 20.3. The van der Waals surface area contributed by atoms with Crippen molar-refractivity contribution in [1.29, 1.82) is 0 Å². The largest absolute Gasteiger partial charge is 0.342 e. The van der Waals surface area contributed by atoms with Crippen LogP contribution in [0.4, 0.5) is 0 Å². The lowest BCUT2D eigenvalue weighted by Gasteiger charge is -2.12. The van der Waals surface area contributed by atoms with Gasteiger partial charge in [0.15, 0.2) is 0 Å². The summed E-state index contributed by atoms with van der Waals surface area (Å²) < 4.78 is 27.4. The van der Waals surface area contributed by atoms with Crippen LogP contribution in [0.3, 0.4) is 0 Å². The molecule has 30 heavy (non-hydrogen) atoms. The van der Waals surface area contributed by atoms with E-state index in [0.29, 0.717) is 11.4 Å². The van der Waals surface area contributed by atoms with Crippen molar-refractivity contribution in [1.82, 2.24) is 20.0 Å². The Morgan fingerprint density at radius 3 is 2.57 bits per heavy atom. The maximum atomic E-state index is 12.6.